The highest BCUT2D eigenvalue weighted by Gasteiger charge is 2.02. The number of rotatable bonds is 1. The Morgan fingerprint density at radius 3 is 2.40 bits per heavy atom. The molecule has 0 aromatic heterocycles. The van der Waals surface area contributed by atoms with Crippen molar-refractivity contribution in [3.63, 3.8) is 0 Å². The van der Waals surface area contributed by atoms with Crippen LogP contribution in [0, 0.1) is 12.7 Å². The van der Waals surface area contributed by atoms with Crippen LogP contribution in [0.4, 0.5) is 4.39 Å². The largest absolute Gasteiger partial charge is 0.206 e. The van der Waals surface area contributed by atoms with E-state index in [4.69, 9.17) is 0 Å². The molecule has 2 heteroatoms. The molecule has 2 aromatic rings. The molecule has 0 heterocycles. The van der Waals surface area contributed by atoms with Gasteiger partial charge >= 0.3 is 0 Å². The van der Waals surface area contributed by atoms with E-state index in [1.807, 2.05) is 37.3 Å². The van der Waals surface area contributed by atoms with E-state index in [0.717, 1.165) is 11.1 Å². The zero-order chi connectivity index (χ0) is 10.8. The summed E-state index contributed by atoms with van der Waals surface area (Å²) in [4.78, 5) is 0. The van der Waals surface area contributed by atoms with Gasteiger partial charge < -0.3 is 0 Å². The molecule has 0 nitrogen and oxygen atoms in total. The van der Waals surface area contributed by atoms with Gasteiger partial charge in [-0.2, -0.15) is 0 Å². The molecule has 0 fully saturated rings. The zero-order valence-corrected chi connectivity index (χ0v) is 9.88. The van der Waals surface area contributed by atoms with Crippen LogP contribution in [0.15, 0.2) is 46.9 Å². The van der Waals surface area contributed by atoms with Crippen molar-refractivity contribution >= 4 is 15.9 Å². The summed E-state index contributed by atoms with van der Waals surface area (Å²) >= 11 is 3.14. The molecule has 0 saturated heterocycles. The molecule has 2 rings (SSSR count). The van der Waals surface area contributed by atoms with Crippen molar-refractivity contribution in [3.8, 4) is 11.1 Å². The number of aryl methyl sites for hydroxylation is 1. The second-order valence-corrected chi connectivity index (χ2v) is 4.35. The van der Waals surface area contributed by atoms with E-state index in [1.54, 1.807) is 12.1 Å². The Balaban J connectivity index is 2.50. The minimum atomic E-state index is -0.228. The van der Waals surface area contributed by atoms with Gasteiger partial charge in [0.2, 0.25) is 0 Å². The molecule has 76 valence electrons. The lowest BCUT2D eigenvalue weighted by Crippen LogP contribution is -1.82. The Bertz CT molecular complexity index is 492. The molecule has 0 atom stereocenters. The van der Waals surface area contributed by atoms with Crippen LogP contribution in [0.3, 0.4) is 0 Å². The van der Waals surface area contributed by atoms with Gasteiger partial charge in [-0.05, 0) is 46.1 Å². The van der Waals surface area contributed by atoms with Gasteiger partial charge in [0.25, 0.3) is 0 Å². The zero-order valence-electron chi connectivity index (χ0n) is 8.30. The van der Waals surface area contributed by atoms with Crippen LogP contribution in [0.5, 0.6) is 0 Å². The maximum atomic E-state index is 13.3. The number of benzene rings is 2. The van der Waals surface area contributed by atoms with Crippen molar-refractivity contribution < 1.29 is 4.39 Å². The first kappa shape index (κ1) is 10.4. The van der Waals surface area contributed by atoms with E-state index in [1.165, 1.54) is 5.56 Å². The Labute approximate surface area is 96.9 Å². The van der Waals surface area contributed by atoms with Crippen molar-refractivity contribution in [2.24, 2.45) is 0 Å². The van der Waals surface area contributed by atoms with Crippen LogP contribution in [-0.4, -0.2) is 0 Å². The standard InChI is InChI=1S/C13H10BrF/c1-9-3-2-4-10(7-9)11-5-6-12(14)13(15)8-11/h2-8H,1H3. The van der Waals surface area contributed by atoms with Crippen LogP contribution >= 0.6 is 15.9 Å². The monoisotopic (exact) mass is 264 g/mol. The predicted octanol–water partition coefficient (Wildman–Crippen LogP) is 4.56. The van der Waals surface area contributed by atoms with Crippen LogP contribution in [0.1, 0.15) is 5.56 Å². The summed E-state index contributed by atoms with van der Waals surface area (Å²) in [5.41, 5.74) is 3.12. The van der Waals surface area contributed by atoms with Gasteiger partial charge in [-0.15, -0.1) is 0 Å². The molecule has 0 radical (unpaired) electrons. The van der Waals surface area contributed by atoms with E-state index in [9.17, 15) is 4.39 Å². The first-order valence-corrected chi connectivity index (χ1v) is 5.48. The fraction of sp³-hybridized carbons (Fsp3) is 0.0769. The Morgan fingerprint density at radius 2 is 1.73 bits per heavy atom. The van der Waals surface area contributed by atoms with Gasteiger partial charge in [-0.1, -0.05) is 35.9 Å². The van der Waals surface area contributed by atoms with E-state index in [0.29, 0.717) is 4.47 Å². The van der Waals surface area contributed by atoms with Gasteiger partial charge in [-0.25, -0.2) is 4.39 Å². The third-order valence-electron chi connectivity index (χ3n) is 2.27. The Morgan fingerprint density at radius 1 is 1.00 bits per heavy atom. The lowest BCUT2D eigenvalue weighted by molar-refractivity contribution is 0.621. The molecule has 15 heavy (non-hydrogen) atoms. The second kappa shape index (κ2) is 4.15. The van der Waals surface area contributed by atoms with Gasteiger partial charge in [-0.3, -0.25) is 0 Å². The van der Waals surface area contributed by atoms with E-state index in [2.05, 4.69) is 15.9 Å². The first-order chi connectivity index (χ1) is 7.16. The molecular weight excluding hydrogens is 255 g/mol. The lowest BCUT2D eigenvalue weighted by atomic mass is 10.0. The topological polar surface area (TPSA) is 0 Å². The normalized spacial score (nSPS) is 10.3. The second-order valence-electron chi connectivity index (χ2n) is 3.50. The molecule has 0 aliphatic rings. The van der Waals surface area contributed by atoms with Gasteiger partial charge in [0.1, 0.15) is 5.82 Å². The maximum Gasteiger partial charge on any atom is 0.137 e. The highest BCUT2D eigenvalue weighted by molar-refractivity contribution is 9.10. The van der Waals surface area contributed by atoms with Crippen molar-refractivity contribution in [1.29, 1.82) is 0 Å². The quantitative estimate of drug-likeness (QED) is 0.708. The summed E-state index contributed by atoms with van der Waals surface area (Å²) in [6, 6.07) is 13.2. The smallest absolute Gasteiger partial charge is 0.137 e. The molecule has 0 aliphatic carbocycles. The van der Waals surface area contributed by atoms with Gasteiger partial charge in [0.15, 0.2) is 0 Å². The highest BCUT2D eigenvalue weighted by atomic mass is 79.9. The number of hydrogen-bond acceptors (Lipinski definition) is 0. The molecule has 2 aromatic carbocycles. The molecule has 0 unspecified atom stereocenters. The molecular formula is C13H10BrF. The molecule has 0 N–H and O–H groups in total. The number of hydrogen-bond donors (Lipinski definition) is 0. The molecule has 0 amide bonds. The summed E-state index contributed by atoms with van der Waals surface area (Å²) in [5, 5.41) is 0. The van der Waals surface area contributed by atoms with E-state index >= 15 is 0 Å². The average Bonchev–Trinajstić information content (AvgIpc) is 2.22. The summed E-state index contributed by atoms with van der Waals surface area (Å²) in [6.07, 6.45) is 0. The van der Waals surface area contributed by atoms with Crippen molar-refractivity contribution in [2.75, 3.05) is 0 Å². The summed E-state index contributed by atoms with van der Waals surface area (Å²) < 4.78 is 13.8. The lowest BCUT2D eigenvalue weighted by Gasteiger charge is -2.03. The Hall–Kier alpha value is -1.15. The van der Waals surface area contributed by atoms with Crippen LogP contribution < -0.4 is 0 Å². The fourth-order valence-electron chi connectivity index (χ4n) is 1.50. The SMILES string of the molecule is Cc1cccc(-c2ccc(Br)c(F)c2)c1. The summed E-state index contributed by atoms with van der Waals surface area (Å²) in [7, 11) is 0. The third kappa shape index (κ3) is 2.26. The maximum absolute atomic E-state index is 13.3. The number of halogens is 2. The average molecular weight is 265 g/mol. The molecule has 0 saturated carbocycles. The van der Waals surface area contributed by atoms with Crippen molar-refractivity contribution in [3.05, 3.63) is 58.3 Å². The van der Waals surface area contributed by atoms with Gasteiger partial charge in [0.05, 0.1) is 4.47 Å². The van der Waals surface area contributed by atoms with Crippen molar-refractivity contribution in [2.45, 2.75) is 6.92 Å². The van der Waals surface area contributed by atoms with E-state index < -0.39 is 0 Å². The Kier molecular flexibility index (Phi) is 2.87. The van der Waals surface area contributed by atoms with Crippen LogP contribution in [0.2, 0.25) is 0 Å². The fourth-order valence-corrected chi connectivity index (χ4v) is 1.75. The molecule has 0 spiro atoms. The summed E-state index contributed by atoms with van der Waals surface area (Å²) in [6.45, 7) is 2.03. The minimum Gasteiger partial charge on any atom is -0.206 e. The van der Waals surface area contributed by atoms with Crippen LogP contribution in [0.25, 0.3) is 11.1 Å². The van der Waals surface area contributed by atoms with Crippen LogP contribution in [-0.2, 0) is 0 Å². The van der Waals surface area contributed by atoms with Crippen molar-refractivity contribution in [1.82, 2.24) is 0 Å². The van der Waals surface area contributed by atoms with Gasteiger partial charge in [0, 0.05) is 0 Å². The minimum absolute atomic E-state index is 0.228. The predicted molar refractivity (Wildman–Crippen MR) is 64.3 cm³/mol. The van der Waals surface area contributed by atoms with E-state index in [-0.39, 0.29) is 5.82 Å². The highest BCUT2D eigenvalue weighted by Crippen LogP contribution is 2.24. The first-order valence-electron chi connectivity index (χ1n) is 4.69. The molecule has 0 bridgehead atoms. The summed E-state index contributed by atoms with van der Waals surface area (Å²) in [5.74, 6) is -0.228. The molecule has 0 aliphatic heterocycles. The third-order valence-corrected chi connectivity index (χ3v) is 2.91.